The summed E-state index contributed by atoms with van der Waals surface area (Å²) in [5.74, 6) is -0.924. The maximum absolute atomic E-state index is 14.4. The molecule has 2 aromatic rings. The second-order valence-corrected chi connectivity index (χ2v) is 8.94. The van der Waals surface area contributed by atoms with Gasteiger partial charge in [0.15, 0.2) is 0 Å². The van der Waals surface area contributed by atoms with E-state index in [0.29, 0.717) is 13.0 Å². The van der Waals surface area contributed by atoms with Gasteiger partial charge in [0, 0.05) is 31.0 Å². The number of carbonyl (C=O) groups excluding carboxylic acids is 2. The smallest absolute Gasteiger partial charge is 0.254 e. The van der Waals surface area contributed by atoms with Crippen LogP contribution < -0.4 is 10.6 Å². The van der Waals surface area contributed by atoms with E-state index in [1.165, 1.54) is 18.7 Å². The lowest BCUT2D eigenvalue weighted by molar-refractivity contribution is -0.122. The molecule has 1 fully saturated rings. The number of aryl methyl sites for hydroxylation is 1. The lowest BCUT2D eigenvalue weighted by Crippen LogP contribution is -2.42. The second-order valence-electron chi connectivity index (χ2n) is 8.94. The molecule has 1 saturated carbocycles. The van der Waals surface area contributed by atoms with Gasteiger partial charge in [0.25, 0.3) is 5.91 Å². The normalized spacial score (nSPS) is 20.9. The summed E-state index contributed by atoms with van der Waals surface area (Å²) in [4.78, 5) is 26.7. The fraction of sp³-hybridized carbons (Fsp3) is 0.440. The van der Waals surface area contributed by atoms with Crippen molar-refractivity contribution in [3.63, 3.8) is 0 Å². The van der Waals surface area contributed by atoms with Crippen LogP contribution in [0.5, 0.6) is 0 Å². The lowest BCUT2D eigenvalue weighted by atomic mass is 9.95. The van der Waals surface area contributed by atoms with E-state index in [4.69, 9.17) is 0 Å². The van der Waals surface area contributed by atoms with Gasteiger partial charge in [-0.05, 0) is 62.7 Å². The number of benzene rings is 2. The Labute approximate surface area is 184 Å². The number of nitrogens with zero attached hydrogens (tertiary/aromatic N) is 1. The van der Waals surface area contributed by atoms with Crippen LogP contribution in [0.1, 0.15) is 40.4 Å². The third kappa shape index (κ3) is 4.96. The van der Waals surface area contributed by atoms with E-state index in [9.17, 15) is 14.0 Å². The van der Waals surface area contributed by atoms with Crippen molar-refractivity contribution in [2.75, 3.05) is 27.7 Å². The Morgan fingerprint density at radius 2 is 1.90 bits per heavy atom. The average Bonchev–Trinajstić information content (AvgIpc) is 3.45. The zero-order valence-electron chi connectivity index (χ0n) is 19.0. The molecule has 1 aliphatic rings. The topological polar surface area (TPSA) is 61.4 Å². The van der Waals surface area contributed by atoms with Crippen LogP contribution >= 0.6 is 0 Å². The molecule has 0 unspecified atom stereocenters. The van der Waals surface area contributed by atoms with E-state index in [0.717, 1.165) is 17.5 Å². The molecule has 31 heavy (non-hydrogen) atoms. The van der Waals surface area contributed by atoms with Crippen molar-refractivity contribution in [2.24, 2.45) is 5.92 Å². The maximum Gasteiger partial charge on any atom is 0.254 e. The van der Waals surface area contributed by atoms with Gasteiger partial charge in [-0.15, -0.1) is 0 Å². The molecule has 2 amide bonds. The molecule has 166 valence electrons. The monoisotopic (exact) mass is 425 g/mol. The van der Waals surface area contributed by atoms with Gasteiger partial charge in [-0.2, -0.15) is 0 Å². The first kappa shape index (κ1) is 22.9. The van der Waals surface area contributed by atoms with Crippen molar-refractivity contribution in [1.29, 1.82) is 0 Å². The Balaban J connectivity index is 1.64. The van der Waals surface area contributed by atoms with E-state index in [1.54, 1.807) is 6.07 Å². The zero-order valence-corrected chi connectivity index (χ0v) is 19.0. The molecule has 0 spiro atoms. The Morgan fingerprint density at radius 1 is 1.23 bits per heavy atom. The summed E-state index contributed by atoms with van der Waals surface area (Å²) >= 11 is 0. The maximum atomic E-state index is 14.4. The minimum Gasteiger partial charge on any atom is -0.355 e. The number of halogens is 1. The largest absolute Gasteiger partial charge is 0.355 e. The van der Waals surface area contributed by atoms with Crippen LogP contribution in [0.4, 0.5) is 4.39 Å². The van der Waals surface area contributed by atoms with Gasteiger partial charge < -0.3 is 15.5 Å². The van der Waals surface area contributed by atoms with Crippen molar-refractivity contribution in [1.82, 2.24) is 15.5 Å². The average molecular weight is 426 g/mol. The summed E-state index contributed by atoms with van der Waals surface area (Å²) in [5, 5.41) is 5.57. The van der Waals surface area contributed by atoms with Crippen LogP contribution in [-0.4, -0.2) is 50.4 Å². The number of hydrogen-bond donors (Lipinski definition) is 2. The number of rotatable bonds is 8. The first-order valence-electron chi connectivity index (χ1n) is 10.7. The van der Waals surface area contributed by atoms with Gasteiger partial charge in [0.2, 0.25) is 5.91 Å². The molecule has 5 nitrogen and oxygen atoms in total. The predicted molar refractivity (Wildman–Crippen MR) is 121 cm³/mol. The van der Waals surface area contributed by atoms with E-state index in [-0.39, 0.29) is 28.8 Å². The number of hydrogen-bond acceptors (Lipinski definition) is 3. The first-order chi connectivity index (χ1) is 14.7. The summed E-state index contributed by atoms with van der Waals surface area (Å²) in [6.45, 7) is 4.49. The van der Waals surface area contributed by atoms with E-state index < -0.39 is 11.7 Å². The van der Waals surface area contributed by atoms with E-state index >= 15 is 0 Å². The molecule has 1 aliphatic carbocycles. The van der Waals surface area contributed by atoms with Gasteiger partial charge in [0.1, 0.15) is 5.82 Å². The molecule has 6 heteroatoms. The lowest BCUT2D eigenvalue weighted by Gasteiger charge is -2.26. The Hall–Kier alpha value is -2.73. The van der Waals surface area contributed by atoms with E-state index in [1.807, 2.05) is 44.1 Å². The number of carbonyl (C=O) groups is 2. The van der Waals surface area contributed by atoms with E-state index in [2.05, 4.69) is 29.7 Å². The molecule has 0 aromatic heterocycles. The Kier molecular flexibility index (Phi) is 6.80. The number of nitrogens with one attached hydrogen (secondary N) is 2. The summed E-state index contributed by atoms with van der Waals surface area (Å²) in [5.41, 5.74) is 2.83. The quantitative estimate of drug-likeness (QED) is 0.683. The van der Waals surface area contributed by atoms with Gasteiger partial charge in [-0.1, -0.05) is 37.3 Å². The van der Waals surface area contributed by atoms with Crippen molar-refractivity contribution >= 4 is 11.8 Å². The fourth-order valence-electron chi connectivity index (χ4n) is 4.17. The molecule has 0 heterocycles. The van der Waals surface area contributed by atoms with Gasteiger partial charge in [0.05, 0.1) is 5.56 Å². The molecule has 2 aromatic carbocycles. The molecule has 3 rings (SSSR count). The summed E-state index contributed by atoms with van der Waals surface area (Å²) in [6.07, 6.45) is 1.42. The molecule has 2 N–H and O–H groups in total. The number of likely N-dealkylation sites (N-methyl/N-ethyl adjacent to an activating group) is 1. The highest BCUT2D eigenvalue weighted by Gasteiger charge is 2.55. The third-order valence-corrected chi connectivity index (χ3v) is 6.58. The number of amides is 2. The molecule has 3 atom stereocenters. The molecule has 0 aliphatic heterocycles. The highest BCUT2D eigenvalue weighted by molar-refractivity contribution is 5.94. The standard InChI is InChI=1S/C25H32FN3O2/c1-16-11-20(23(30)27-3)22(26)13-17(16)12-19(29(4)5)15-28-24(31)21-14-25(21,2)18-9-7-6-8-10-18/h6-11,13,19,21H,12,14-15H2,1-5H3,(H,27,30)(H,28,31)/t19-,21-,25+/m0/s1. The van der Waals surface area contributed by atoms with Crippen LogP contribution in [0.2, 0.25) is 0 Å². The first-order valence-corrected chi connectivity index (χ1v) is 10.7. The molecular formula is C25H32FN3O2. The molecule has 0 bridgehead atoms. The van der Waals surface area contributed by atoms with Crippen molar-refractivity contribution in [2.45, 2.75) is 38.1 Å². The highest BCUT2D eigenvalue weighted by Crippen LogP contribution is 2.53. The van der Waals surface area contributed by atoms with Gasteiger partial charge in [-0.25, -0.2) is 4.39 Å². The fourth-order valence-corrected chi connectivity index (χ4v) is 4.17. The van der Waals surface area contributed by atoms with Crippen molar-refractivity contribution in [3.8, 4) is 0 Å². The van der Waals surface area contributed by atoms with Crippen LogP contribution in [0, 0.1) is 18.7 Å². The second kappa shape index (κ2) is 9.18. The molecule has 0 radical (unpaired) electrons. The van der Waals surface area contributed by atoms with Crippen LogP contribution in [0.15, 0.2) is 42.5 Å². The van der Waals surface area contributed by atoms with Crippen molar-refractivity contribution < 1.29 is 14.0 Å². The highest BCUT2D eigenvalue weighted by atomic mass is 19.1. The third-order valence-electron chi connectivity index (χ3n) is 6.58. The van der Waals surface area contributed by atoms with Crippen LogP contribution in [0.3, 0.4) is 0 Å². The zero-order chi connectivity index (χ0) is 22.8. The summed E-state index contributed by atoms with van der Waals surface area (Å²) in [6, 6.07) is 13.2. The predicted octanol–water partition coefficient (Wildman–Crippen LogP) is 3.06. The van der Waals surface area contributed by atoms with Crippen LogP contribution in [-0.2, 0) is 16.6 Å². The Morgan fingerprint density at radius 3 is 2.52 bits per heavy atom. The SMILES string of the molecule is CNC(=O)c1cc(C)c(C[C@@H](CNC(=O)[C@@H]2C[C@]2(C)c2ccccc2)N(C)C)cc1F. The van der Waals surface area contributed by atoms with Gasteiger partial charge in [-0.3, -0.25) is 9.59 Å². The molecular weight excluding hydrogens is 393 g/mol. The minimum atomic E-state index is -0.530. The minimum absolute atomic E-state index is 0.00892. The van der Waals surface area contributed by atoms with Crippen molar-refractivity contribution in [3.05, 3.63) is 70.5 Å². The summed E-state index contributed by atoms with van der Waals surface area (Å²) in [7, 11) is 5.39. The molecule has 0 saturated heterocycles. The summed E-state index contributed by atoms with van der Waals surface area (Å²) < 4.78 is 14.4. The van der Waals surface area contributed by atoms with Crippen LogP contribution in [0.25, 0.3) is 0 Å². The van der Waals surface area contributed by atoms with Gasteiger partial charge >= 0.3 is 0 Å². The Bertz CT molecular complexity index is 961.